The molecular weight excluding hydrogens is 214 g/mol. The van der Waals surface area contributed by atoms with E-state index in [1.807, 2.05) is 11.3 Å². The predicted octanol–water partition coefficient (Wildman–Crippen LogP) is 3.55. The number of hydrogen-bond acceptors (Lipinski definition) is 2. The van der Waals surface area contributed by atoms with E-state index in [0.717, 1.165) is 11.8 Å². The highest BCUT2D eigenvalue weighted by atomic mass is 32.1. The Hall–Kier alpha value is -0.340. The van der Waals surface area contributed by atoms with E-state index in [4.69, 9.17) is 0 Å². The molecule has 2 heteroatoms. The molecule has 2 heterocycles. The second-order valence-corrected chi connectivity index (χ2v) is 6.80. The third-order valence-electron chi connectivity index (χ3n) is 4.24. The predicted molar refractivity (Wildman–Crippen MR) is 69.9 cm³/mol. The molecule has 2 aliphatic rings. The van der Waals surface area contributed by atoms with Gasteiger partial charge in [0.25, 0.3) is 0 Å². The van der Waals surface area contributed by atoms with E-state index >= 15 is 0 Å². The summed E-state index contributed by atoms with van der Waals surface area (Å²) in [5.74, 6) is 1.73. The molecule has 1 aliphatic carbocycles. The van der Waals surface area contributed by atoms with Gasteiger partial charge in [0.05, 0.1) is 5.54 Å². The Morgan fingerprint density at radius 1 is 1.31 bits per heavy atom. The monoisotopic (exact) mass is 235 g/mol. The SMILES string of the molecule is CC1CC(C)CC2(C1)NCCc1ccsc12. The lowest BCUT2D eigenvalue weighted by Crippen LogP contribution is -2.50. The maximum atomic E-state index is 3.85. The van der Waals surface area contributed by atoms with Gasteiger partial charge in [-0.15, -0.1) is 11.3 Å². The van der Waals surface area contributed by atoms with Gasteiger partial charge in [-0.25, -0.2) is 0 Å². The summed E-state index contributed by atoms with van der Waals surface area (Å²) < 4.78 is 0. The number of thiophene rings is 1. The Kier molecular flexibility index (Phi) is 2.60. The lowest BCUT2D eigenvalue weighted by atomic mass is 9.69. The minimum absolute atomic E-state index is 0.332. The molecule has 3 rings (SSSR count). The smallest absolute Gasteiger partial charge is 0.0536 e. The first-order valence-electron chi connectivity index (χ1n) is 6.51. The van der Waals surface area contributed by atoms with Crippen molar-refractivity contribution in [1.82, 2.24) is 5.32 Å². The van der Waals surface area contributed by atoms with Crippen LogP contribution < -0.4 is 5.32 Å². The standard InChI is InChI=1S/C14H21NS/c1-10-7-11(2)9-14(8-10)13-12(3-5-15-14)4-6-16-13/h4,6,10-11,15H,3,5,7-9H2,1-2H3. The first-order chi connectivity index (χ1) is 7.70. The van der Waals surface area contributed by atoms with Crippen LogP contribution in [-0.2, 0) is 12.0 Å². The van der Waals surface area contributed by atoms with E-state index in [0.29, 0.717) is 5.54 Å². The minimum Gasteiger partial charge on any atom is -0.306 e. The molecule has 0 bridgehead atoms. The molecule has 2 atom stereocenters. The molecule has 1 aromatic heterocycles. The van der Waals surface area contributed by atoms with Gasteiger partial charge in [0.1, 0.15) is 0 Å². The van der Waals surface area contributed by atoms with Crippen molar-refractivity contribution in [2.24, 2.45) is 11.8 Å². The zero-order valence-corrected chi connectivity index (χ0v) is 11.1. The fourth-order valence-corrected chi connectivity index (χ4v) is 5.08. The molecule has 1 N–H and O–H groups in total. The number of rotatable bonds is 0. The van der Waals surface area contributed by atoms with Crippen LogP contribution in [0.15, 0.2) is 11.4 Å². The van der Waals surface area contributed by atoms with Crippen LogP contribution in [0.2, 0.25) is 0 Å². The summed E-state index contributed by atoms with van der Waals surface area (Å²) in [4.78, 5) is 1.65. The Morgan fingerprint density at radius 2 is 2.06 bits per heavy atom. The van der Waals surface area contributed by atoms with E-state index < -0.39 is 0 Å². The van der Waals surface area contributed by atoms with Crippen LogP contribution in [0.1, 0.15) is 43.6 Å². The molecule has 1 saturated carbocycles. The van der Waals surface area contributed by atoms with E-state index in [1.54, 1.807) is 10.4 Å². The summed E-state index contributed by atoms with van der Waals surface area (Å²) in [6.45, 7) is 6.01. The fraction of sp³-hybridized carbons (Fsp3) is 0.714. The van der Waals surface area contributed by atoms with Crippen molar-refractivity contribution in [3.05, 3.63) is 21.9 Å². The van der Waals surface area contributed by atoms with Gasteiger partial charge in [0, 0.05) is 11.4 Å². The van der Waals surface area contributed by atoms with Gasteiger partial charge < -0.3 is 5.32 Å². The van der Waals surface area contributed by atoms with Crippen molar-refractivity contribution >= 4 is 11.3 Å². The zero-order chi connectivity index (χ0) is 11.2. The largest absolute Gasteiger partial charge is 0.306 e. The Labute approximate surface area is 102 Å². The van der Waals surface area contributed by atoms with Gasteiger partial charge in [0.2, 0.25) is 0 Å². The second-order valence-electron chi connectivity index (χ2n) is 5.89. The molecular formula is C14H21NS. The Balaban J connectivity index is 2.00. The number of hydrogen-bond donors (Lipinski definition) is 1. The molecule has 0 radical (unpaired) electrons. The third kappa shape index (κ3) is 1.63. The summed E-state index contributed by atoms with van der Waals surface area (Å²) in [5.41, 5.74) is 1.95. The van der Waals surface area contributed by atoms with Crippen LogP contribution in [0.4, 0.5) is 0 Å². The molecule has 0 amide bonds. The van der Waals surface area contributed by atoms with E-state index in [9.17, 15) is 0 Å². The highest BCUT2D eigenvalue weighted by Gasteiger charge is 2.42. The van der Waals surface area contributed by atoms with Crippen LogP contribution in [0.5, 0.6) is 0 Å². The molecule has 0 saturated heterocycles. The van der Waals surface area contributed by atoms with Crippen molar-refractivity contribution in [1.29, 1.82) is 0 Å². The van der Waals surface area contributed by atoms with E-state index in [1.165, 1.54) is 32.2 Å². The molecule has 0 aromatic carbocycles. The molecule has 2 unspecified atom stereocenters. The van der Waals surface area contributed by atoms with Gasteiger partial charge >= 0.3 is 0 Å². The molecule has 1 fully saturated rings. The molecule has 88 valence electrons. The Morgan fingerprint density at radius 3 is 2.81 bits per heavy atom. The third-order valence-corrected chi connectivity index (χ3v) is 5.40. The summed E-state index contributed by atoms with van der Waals surface area (Å²) in [5, 5.41) is 6.13. The topological polar surface area (TPSA) is 12.0 Å². The highest BCUT2D eigenvalue weighted by Crippen LogP contribution is 2.46. The lowest BCUT2D eigenvalue weighted by Gasteiger charge is -2.46. The summed E-state index contributed by atoms with van der Waals surface area (Å²) in [7, 11) is 0. The van der Waals surface area contributed by atoms with Crippen LogP contribution in [0.25, 0.3) is 0 Å². The Bertz CT molecular complexity index is 372. The number of nitrogens with one attached hydrogen (secondary N) is 1. The average molecular weight is 235 g/mol. The van der Waals surface area contributed by atoms with E-state index in [2.05, 4.69) is 30.6 Å². The first kappa shape index (κ1) is 10.8. The molecule has 1 aliphatic heterocycles. The normalized spacial score (nSPS) is 38.6. The maximum absolute atomic E-state index is 3.85. The van der Waals surface area contributed by atoms with Gasteiger partial charge in [-0.1, -0.05) is 13.8 Å². The lowest BCUT2D eigenvalue weighted by molar-refractivity contribution is 0.140. The zero-order valence-electron chi connectivity index (χ0n) is 10.3. The van der Waals surface area contributed by atoms with Crippen molar-refractivity contribution in [3.63, 3.8) is 0 Å². The summed E-state index contributed by atoms with van der Waals surface area (Å²) in [6.07, 6.45) is 5.31. The van der Waals surface area contributed by atoms with Crippen molar-refractivity contribution in [2.45, 2.75) is 45.1 Å². The van der Waals surface area contributed by atoms with Crippen LogP contribution in [0, 0.1) is 11.8 Å². The maximum Gasteiger partial charge on any atom is 0.0536 e. The highest BCUT2D eigenvalue weighted by molar-refractivity contribution is 7.10. The van der Waals surface area contributed by atoms with Crippen molar-refractivity contribution in [3.8, 4) is 0 Å². The van der Waals surface area contributed by atoms with Gasteiger partial charge in [0.15, 0.2) is 0 Å². The molecule has 1 aromatic rings. The van der Waals surface area contributed by atoms with Gasteiger partial charge in [-0.2, -0.15) is 0 Å². The van der Waals surface area contributed by atoms with Crippen molar-refractivity contribution in [2.75, 3.05) is 6.54 Å². The van der Waals surface area contributed by atoms with Crippen LogP contribution in [0.3, 0.4) is 0 Å². The molecule has 1 spiro atoms. The van der Waals surface area contributed by atoms with Crippen LogP contribution in [-0.4, -0.2) is 6.54 Å². The summed E-state index contributed by atoms with van der Waals surface area (Å²) in [6, 6.07) is 2.34. The molecule has 16 heavy (non-hydrogen) atoms. The minimum atomic E-state index is 0.332. The molecule has 1 nitrogen and oxygen atoms in total. The first-order valence-corrected chi connectivity index (χ1v) is 7.39. The van der Waals surface area contributed by atoms with Gasteiger partial charge in [-0.05, 0) is 54.5 Å². The fourth-order valence-electron chi connectivity index (χ4n) is 3.93. The quantitative estimate of drug-likeness (QED) is 0.725. The number of fused-ring (bicyclic) bond motifs is 2. The summed E-state index contributed by atoms with van der Waals surface area (Å²) >= 11 is 1.97. The second kappa shape index (κ2) is 3.85. The average Bonchev–Trinajstić information content (AvgIpc) is 2.65. The van der Waals surface area contributed by atoms with Crippen molar-refractivity contribution < 1.29 is 0 Å². The van der Waals surface area contributed by atoms with Gasteiger partial charge in [-0.3, -0.25) is 0 Å². The van der Waals surface area contributed by atoms with E-state index in [-0.39, 0.29) is 0 Å². The van der Waals surface area contributed by atoms with Crippen LogP contribution >= 0.6 is 11.3 Å².